The number of aromatic nitrogens is 1. The van der Waals surface area contributed by atoms with E-state index >= 15 is 0 Å². The molecule has 0 aliphatic heterocycles. The number of carbonyl (C=O) groups is 2. The van der Waals surface area contributed by atoms with Crippen molar-refractivity contribution in [2.45, 2.75) is 37.6 Å². The fraction of sp³-hybridized carbons (Fsp3) is 0.269. The van der Waals surface area contributed by atoms with Gasteiger partial charge < -0.3 is 10.6 Å². The summed E-state index contributed by atoms with van der Waals surface area (Å²) in [5.74, 6) is -2.03. The lowest BCUT2D eigenvalue weighted by molar-refractivity contribution is -0.123. The van der Waals surface area contributed by atoms with Gasteiger partial charge in [-0.05, 0) is 66.3 Å². The van der Waals surface area contributed by atoms with E-state index in [0.717, 1.165) is 6.26 Å². The number of halogens is 2. The Kier molecular flexibility index (Phi) is 7.15. The number of amides is 2. The van der Waals surface area contributed by atoms with Gasteiger partial charge in [-0.15, -0.1) is 0 Å². The molecule has 1 aliphatic rings. The first kappa shape index (κ1) is 25.8. The van der Waals surface area contributed by atoms with E-state index in [4.69, 9.17) is 17.3 Å². The van der Waals surface area contributed by atoms with E-state index in [0.29, 0.717) is 40.8 Å². The van der Waals surface area contributed by atoms with Gasteiger partial charge in [-0.2, -0.15) is 0 Å². The van der Waals surface area contributed by atoms with Crippen molar-refractivity contribution in [2.24, 2.45) is 5.73 Å². The number of fused-ring (bicyclic) bond motifs is 1. The summed E-state index contributed by atoms with van der Waals surface area (Å²) < 4.78 is 38.5. The first-order valence-corrected chi connectivity index (χ1v) is 13.7. The lowest BCUT2D eigenvalue weighted by Crippen LogP contribution is -2.43. The molecular formula is C26H25ClFN3O4S. The number of aryl methyl sites for hydroxylation is 1. The molecule has 2 N–H and O–H groups in total. The number of rotatable bonds is 7. The highest BCUT2D eigenvalue weighted by atomic mass is 35.5. The summed E-state index contributed by atoms with van der Waals surface area (Å²) in [6.45, 7) is 1.68. The second-order valence-electron chi connectivity index (χ2n) is 8.98. The maximum atomic E-state index is 14.7. The Morgan fingerprint density at radius 2 is 1.97 bits per heavy atom. The van der Waals surface area contributed by atoms with Crippen LogP contribution in [0.15, 0.2) is 54.7 Å². The van der Waals surface area contributed by atoms with Crippen molar-refractivity contribution >= 4 is 33.3 Å². The van der Waals surface area contributed by atoms with Gasteiger partial charge >= 0.3 is 0 Å². The number of hydrogen-bond donors (Lipinski definition) is 1. The molecule has 0 spiro atoms. The van der Waals surface area contributed by atoms with Crippen molar-refractivity contribution in [3.05, 3.63) is 99.1 Å². The molecule has 2 amide bonds. The van der Waals surface area contributed by atoms with Gasteiger partial charge in [-0.3, -0.25) is 14.6 Å². The van der Waals surface area contributed by atoms with E-state index in [1.165, 1.54) is 11.0 Å². The zero-order valence-electron chi connectivity index (χ0n) is 19.7. The molecule has 36 heavy (non-hydrogen) atoms. The number of primary amides is 1. The maximum Gasteiger partial charge on any atom is 0.257 e. The smallest absolute Gasteiger partial charge is 0.257 e. The Hall–Kier alpha value is -3.30. The molecule has 1 aliphatic carbocycles. The number of nitrogens with zero attached hydrogens (tertiary/aromatic N) is 2. The van der Waals surface area contributed by atoms with Crippen LogP contribution in [0.2, 0.25) is 5.02 Å². The molecule has 188 valence electrons. The van der Waals surface area contributed by atoms with Crippen molar-refractivity contribution in [1.82, 2.24) is 9.88 Å². The number of sulfone groups is 1. The highest BCUT2D eigenvalue weighted by Crippen LogP contribution is 2.43. The second kappa shape index (κ2) is 9.99. The summed E-state index contributed by atoms with van der Waals surface area (Å²) in [5, 5.41) is 0.175. The summed E-state index contributed by atoms with van der Waals surface area (Å²) in [4.78, 5) is 32.5. The molecule has 7 nitrogen and oxygen atoms in total. The predicted molar refractivity (Wildman–Crippen MR) is 135 cm³/mol. The molecule has 1 aromatic heterocycles. The minimum Gasteiger partial charge on any atom is -0.368 e. The monoisotopic (exact) mass is 529 g/mol. The molecule has 2 aromatic carbocycles. The van der Waals surface area contributed by atoms with Crippen molar-refractivity contribution < 1.29 is 22.4 Å². The van der Waals surface area contributed by atoms with Crippen LogP contribution in [-0.2, 0) is 26.8 Å². The van der Waals surface area contributed by atoms with Crippen molar-refractivity contribution in [3.8, 4) is 0 Å². The van der Waals surface area contributed by atoms with Crippen molar-refractivity contribution in [1.29, 1.82) is 0 Å². The number of nitrogens with two attached hydrogens (primary N) is 1. The highest BCUT2D eigenvalue weighted by molar-refractivity contribution is 7.89. The predicted octanol–water partition coefficient (Wildman–Crippen LogP) is 4.08. The van der Waals surface area contributed by atoms with E-state index in [1.54, 1.807) is 55.6 Å². The Morgan fingerprint density at radius 1 is 1.22 bits per heavy atom. The van der Waals surface area contributed by atoms with Crippen LogP contribution < -0.4 is 5.73 Å². The molecule has 0 fully saturated rings. The lowest BCUT2D eigenvalue weighted by atomic mass is 9.96. The van der Waals surface area contributed by atoms with Crippen LogP contribution in [0.4, 0.5) is 4.39 Å². The zero-order valence-corrected chi connectivity index (χ0v) is 21.3. The fourth-order valence-electron chi connectivity index (χ4n) is 4.82. The molecule has 2 atom stereocenters. The molecule has 4 rings (SSSR count). The topological polar surface area (TPSA) is 110 Å². The molecule has 10 heteroatoms. The Morgan fingerprint density at radius 3 is 2.64 bits per heavy atom. The molecule has 1 heterocycles. The van der Waals surface area contributed by atoms with Crippen molar-refractivity contribution in [2.75, 3.05) is 6.26 Å². The van der Waals surface area contributed by atoms with Gasteiger partial charge in [0.05, 0.1) is 17.4 Å². The van der Waals surface area contributed by atoms with Crippen LogP contribution in [0.3, 0.4) is 0 Å². The van der Waals surface area contributed by atoms with E-state index < -0.39 is 39.6 Å². The van der Waals surface area contributed by atoms with Crippen LogP contribution in [-0.4, -0.2) is 36.4 Å². The molecule has 0 saturated carbocycles. The fourth-order valence-corrected chi connectivity index (χ4v) is 5.81. The Labute approximate surface area is 214 Å². The third-order valence-corrected chi connectivity index (χ3v) is 7.35. The van der Waals surface area contributed by atoms with Crippen LogP contribution >= 0.6 is 11.6 Å². The third-order valence-electron chi connectivity index (χ3n) is 6.27. The minimum absolute atomic E-state index is 0.175. The van der Waals surface area contributed by atoms with Gasteiger partial charge in [0, 0.05) is 23.2 Å². The summed E-state index contributed by atoms with van der Waals surface area (Å²) in [6, 6.07) is 10.5. The summed E-state index contributed by atoms with van der Waals surface area (Å²) >= 11 is 6.16. The number of pyridine rings is 1. The molecule has 0 unspecified atom stereocenters. The first-order valence-electron chi connectivity index (χ1n) is 11.2. The molecule has 3 aromatic rings. The van der Waals surface area contributed by atoms with Gasteiger partial charge in [0.1, 0.15) is 11.9 Å². The summed E-state index contributed by atoms with van der Waals surface area (Å²) in [6.07, 6.45) is 3.36. The minimum atomic E-state index is -3.35. The standard InChI is InChI=1S/C26H25ClFN3O4S/c1-15-19(7-4-10-30-15)26(33)31(23-9-8-20-21(23)12-18(27)13-22(20)28)24(25(29)32)17-6-3-5-16(11-17)14-36(2,34)35/h3-7,10-13,23-24H,8-9,14H2,1-2H3,(H2,29,32)/t23-,24-/m1/s1. The van der Waals surface area contributed by atoms with Crippen LogP contribution in [0.1, 0.15) is 56.8 Å². The number of carbonyl (C=O) groups excluding carboxylic acids is 2. The SMILES string of the molecule is Cc1ncccc1C(=O)N([C@@H]1CCc2c(F)cc(Cl)cc21)[C@@H](C(N)=O)c1cccc(CS(C)(=O)=O)c1. The van der Waals surface area contributed by atoms with E-state index in [9.17, 15) is 22.4 Å². The highest BCUT2D eigenvalue weighted by Gasteiger charge is 2.41. The maximum absolute atomic E-state index is 14.7. The number of benzene rings is 2. The molecule has 0 radical (unpaired) electrons. The summed E-state index contributed by atoms with van der Waals surface area (Å²) in [7, 11) is -3.35. The van der Waals surface area contributed by atoms with E-state index in [-0.39, 0.29) is 16.3 Å². The second-order valence-corrected chi connectivity index (χ2v) is 11.6. The molecule has 0 bridgehead atoms. The number of hydrogen-bond acceptors (Lipinski definition) is 5. The quantitative estimate of drug-likeness (QED) is 0.496. The van der Waals surface area contributed by atoms with Gasteiger partial charge in [0.25, 0.3) is 5.91 Å². The Bertz CT molecular complexity index is 1460. The van der Waals surface area contributed by atoms with Crippen molar-refractivity contribution in [3.63, 3.8) is 0 Å². The van der Waals surface area contributed by atoms with Gasteiger partial charge in [0.2, 0.25) is 5.91 Å². The Balaban J connectivity index is 1.90. The van der Waals surface area contributed by atoms with Gasteiger partial charge in [0.15, 0.2) is 9.84 Å². The molecular weight excluding hydrogens is 505 g/mol. The van der Waals surface area contributed by atoms with Crippen LogP contribution in [0.5, 0.6) is 0 Å². The van der Waals surface area contributed by atoms with Crippen LogP contribution in [0.25, 0.3) is 0 Å². The van der Waals surface area contributed by atoms with Gasteiger partial charge in [-0.25, -0.2) is 12.8 Å². The normalized spacial score (nSPS) is 15.8. The van der Waals surface area contributed by atoms with E-state index in [1.807, 2.05) is 0 Å². The van der Waals surface area contributed by atoms with E-state index in [2.05, 4.69) is 4.98 Å². The molecule has 0 saturated heterocycles. The third kappa shape index (κ3) is 5.27. The average Bonchev–Trinajstić information content (AvgIpc) is 3.19. The van der Waals surface area contributed by atoms with Crippen LogP contribution in [0, 0.1) is 12.7 Å². The largest absolute Gasteiger partial charge is 0.368 e. The zero-order chi connectivity index (χ0) is 26.2. The average molecular weight is 530 g/mol. The summed E-state index contributed by atoms with van der Waals surface area (Å²) in [5.41, 5.74) is 8.35. The first-order chi connectivity index (χ1) is 17.0. The van der Waals surface area contributed by atoms with Gasteiger partial charge in [-0.1, -0.05) is 35.9 Å². The lowest BCUT2D eigenvalue weighted by Gasteiger charge is -2.36.